The lowest BCUT2D eigenvalue weighted by molar-refractivity contribution is -0.118. The number of likely N-dealkylation sites (tertiary alicyclic amines) is 1. The van der Waals surface area contributed by atoms with Gasteiger partial charge in [-0.25, -0.2) is 0 Å². The average molecular weight is 333 g/mol. The maximum atomic E-state index is 12.6. The zero-order valence-corrected chi connectivity index (χ0v) is 14.7. The van der Waals surface area contributed by atoms with Crippen molar-refractivity contribution in [3.05, 3.63) is 29.3 Å². The predicted octanol–water partition coefficient (Wildman–Crippen LogP) is 1.78. The second-order valence-corrected chi connectivity index (χ2v) is 6.58. The number of benzene rings is 1. The summed E-state index contributed by atoms with van der Waals surface area (Å²) < 4.78 is 4.88. The molecule has 6 nitrogen and oxygen atoms in total. The molecule has 1 aliphatic heterocycles. The molecule has 2 atom stereocenters. The highest BCUT2D eigenvalue weighted by Crippen LogP contribution is 2.21. The van der Waals surface area contributed by atoms with Crippen LogP contribution in [0.3, 0.4) is 0 Å². The number of rotatable bonds is 5. The van der Waals surface area contributed by atoms with Gasteiger partial charge in [0.05, 0.1) is 6.61 Å². The summed E-state index contributed by atoms with van der Waals surface area (Å²) in [6, 6.07) is 4.61. The number of hydrogen-bond donors (Lipinski definition) is 2. The molecule has 6 heteroatoms. The quantitative estimate of drug-likeness (QED) is 0.860. The largest absolute Gasteiger partial charge is 0.383 e. The van der Waals surface area contributed by atoms with Crippen LogP contribution in [0.2, 0.25) is 0 Å². The molecule has 0 spiro atoms. The van der Waals surface area contributed by atoms with Crippen molar-refractivity contribution in [1.82, 2.24) is 4.90 Å². The van der Waals surface area contributed by atoms with Crippen LogP contribution < -0.4 is 11.1 Å². The average Bonchev–Trinajstić information content (AvgIpc) is 2.56. The van der Waals surface area contributed by atoms with Gasteiger partial charge in [0.1, 0.15) is 6.04 Å². The second-order valence-electron chi connectivity index (χ2n) is 6.58. The molecule has 1 saturated heterocycles. The normalized spacial score (nSPS) is 19.0. The zero-order chi connectivity index (χ0) is 17.7. The van der Waals surface area contributed by atoms with Crippen molar-refractivity contribution in [2.24, 2.45) is 11.7 Å². The molecule has 2 rings (SSSR count). The van der Waals surface area contributed by atoms with E-state index < -0.39 is 6.04 Å². The molecule has 1 fully saturated rings. The Morgan fingerprint density at radius 1 is 1.46 bits per heavy atom. The maximum absolute atomic E-state index is 12.6. The summed E-state index contributed by atoms with van der Waals surface area (Å²) in [6.45, 7) is 5.82. The highest BCUT2D eigenvalue weighted by atomic mass is 16.5. The molecular formula is C18H27N3O3. The van der Waals surface area contributed by atoms with E-state index in [-0.39, 0.29) is 18.4 Å². The number of nitrogens with zero attached hydrogens (tertiary/aromatic N) is 1. The van der Waals surface area contributed by atoms with E-state index in [1.807, 2.05) is 17.9 Å². The Labute approximate surface area is 143 Å². The van der Waals surface area contributed by atoms with Crippen molar-refractivity contribution in [2.45, 2.75) is 32.7 Å². The predicted molar refractivity (Wildman–Crippen MR) is 94.0 cm³/mol. The van der Waals surface area contributed by atoms with Gasteiger partial charge in [-0.3, -0.25) is 9.59 Å². The smallest absolute Gasteiger partial charge is 0.253 e. The number of hydrogen-bond acceptors (Lipinski definition) is 4. The number of aryl methyl sites for hydroxylation is 1. The fourth-order valence-corrected chi connectivity index (χ4v) is 2.97. The fourth-order valence-electron chi connectivity index (χ4n) is 2.97. The van der Waals surface area contributed by atoms with Crippen LogP contribution in [-0.2, 0) is 9.53 Å². The Kier molecular flexibility index (Phi) is 6.34. The Morgan fingerprint density at radius 2 is 2.21 bits per heavy atom. The fraction of sp³-hybridized carbons (Fsp3) is 0.556. The van der Waals surface area contributed by atoms with Gasteiger partial charge in [0, 0.05) is 31.5 Å². The number of nitrogens with one attached hydrogen (secondary N) is 1. The molecule has 0 aromatic heterocycles. The van der Waals surface area contributed by atoms with Crippen LogP contribution in [-0.4, -0.2) is 49.6 Å². The Morgan fingerprint density at radius 3 is 2.83 bits per heavy atom. The number of methoxy groups -OCH3 is 1. The molecule has 1 aromatic carbocycles. The Balaban J connectivity index is 2.06. The number of anilines is 1. The van der Waals surface area contributed by atoms with E-state index in [4.69, 9.17) is 10.5 Å². The molecule has 0 aliphatic carbocycles. The van der Waals surface area contributed by atoms with Crippen molar-refractivity contribution < 1.29 is 14.3 Å². The minimum atomic E-state index is -0.717. The lowest BCUT2D eigenvalue weighted by Gasteiger charge is -2.31. The van der Waals surface area contributed by atoms with Crippen molar-refractivity contribution in [3.8, 4) is 0 Å². The first kappa shape index (κ1) is 18.4. The number of ether oxygens (including phenoxy) is 1. The van der Waals surface area contributed by atoms with Gasteiger partial charge in [0.15, 0.2) is 0 Å². The Hall–Kier alpha value is -1.92. The Bertz CT molecular complexity index is 603. The van der Waals surface area contributed by atoms with Gasteiger partial charge < -0.3 is 20.7 Å². The van der Waals surface area contributed by atoms with Gasteiger partial charge in [-0.15, -0.1) is 0 Å². The molecule has 0 saturated carbocycles. The number of amides is 2. The van der Waals surface area contributed by atoms with E-state index in [1.54, 1.807) is 12.1 Å². The first-order valence-electron chi connectivity index (χ1n) is 8.37. The van der Waals surface area contributed by atoms with Crippen LogP contribution in [0.4, 0.5) is 5.69 Å². The summed E-state index contributed by atoms with van der Waals surface area (Å²) in [5.41, 5.74) is 7.87. The third kappa shape index (κ3) is 4.55. The van der Waals surface area contributed by atoms with Crippen LogP contribution in [0.25, 0.3) is 0 Å². The molecule has 3 N–H and O–H groups in total. The molecule has 1 aliphatic rings. The first-order chi connectivity index (χ1) is 11.4. The lowest BCUT2D eigenvalue weighted by Crippen LogP contribution is -2.39. The number of carbonyl (C=O) groups is 2. The van der Waals surface area contributed by atoms with E-state index in [0.29, 0.717) is 17.2 Å². The standard InChI is InChI=1S/C18H27N3O3/c1-12-5-4-8-21(10-12)18(23)14-6-7-16(13(2)9-14)20-17(22)15(19)11-24-3/h6-7,9,12,15H,4-5,8,10-11,19H2,1-3H3,(H,20,22). The third-order valence-corrected chi connectivity index (χ3v) is 4.36. The van der Waals surface area contributed by atoms with Crippen LogP contribution in [0.1, 0.15) is 35.7 Å². The monoisotopic (exact) mass is 333 g/mol. The molecule has 2 unspecified atom stereocenters. The summed E-state index contributed by atoms with van der Waals surface area (Å²) in [7, 11) is 1.50. The van der Waals surface area contributed by atoms with Crippen molar-refractivity contribution in [1.29, 1.82) is 0 Å². The number of nitrogens with two attached hydrogens (primary N) is 1. The van der Waals surface area contributed by atoms with Gasteiger partial charge >= 0.3 is 0 Å². The summed E-state index contributed by atoms with van der Waals surface area (Å²) in [6.07, 6.45) is 2.23. The molecule has 2 amide bonds. The van der Waals surface area contributed by atoms with Crippen LogP contribution in [0, 0.1) is 12.8 Å². The van der Waals surface area contributed by atoms with Gasteiger partial charge in [-0.05, 0) is 49.4 Å². The zero-order valence-electron chi connectivity index (χ0n) is 14.7. The SMILES string of the molecule is COCC(N)C(=O)Nc1ccc(C(=O)N2CCCC(C)C2)cc1C. The molecule has 132 valence electrons. The van der Waals surface area contributed by atoms with Gasteiger partial charge in [0.25, 0.3) is 5.91 Å². The van der Waals surface area contributed by atoms with Gasteiger partial charge in [-0.2, -0.15) is 0 Å². The topological polar surface area (TPSA) is 84.7 Å². The maximum Gasteiger partial charge on any atom is 0.253 e. The highest BCUT2D eigenvalue weighted by Gasteiger charge is 2.22. The molecule has 24 heavy (non-hydrogen) atoms. The minimum absolute atomic E-state index is 0.0543. The summed E-state index contributed by atoms with van der Waals surface area (Å²) in [5.74, 6) is 0.298. The minimum Gasteiger partial charge on any atom is -0.383 e. The number of piperidine rings is 1. The molecule has 1 aromatic rings. The summed E-state index contributed by atoms with van der Waals surface area (Å²) in [5, 5.41) is 2.78. The summed E-state index contributed by atoms with van der Waals surface area (Å²) >= 11 is 0. The number of carbonyl (C=O) groups excluding carboxylic acids is 2. The lowest BCUT2D eigenvalue weighted by atomic mass is 9.99. The molecule has 0 radical (unpaired) electrons. The van der Waals surface area contributed by atoms with Crippen LogP contribution >= 0.6 is 0 Å². The van der Waals surface area contributed by atoms with Crippen molar-refractivity contribution in [2.75, 3.05) is 32.1 Å². The molecular weight excluding hydrogens is 306 g/mol. The second kappa shape index (κ2) is 8.26. The summed E-state index contributed by atoms with van der Waals surface area (Å²) in [4.78, 5) is 26.5. The van der Waals surface area contributed by atoms with E-state index in [0.717, 1.165) is 25.1 Å². The van der Waals surface area contributed by atoms with Crippen LogP contribution in [0.5, 0.6) is 0 Å². The van der Waals surface area contributed by atoms with Crippen molar-refractivity contribution >= 4 is 17.5 Å². The van der Waals surface area contributed by atoms with E-state index in [2.05, 4.69) is 12.2 Å². The molecule has 1 heterocycles. The van der Waals surface area contributed by atoms with Crippen LogP contribution in [0.15, 0.2) is 18.2 Å². The van der Waals surface area contributed by atoms with E-state index in [9.17, 15) is 9.59 Å². The van der Waals surface area contributed by atoms with Crippen molar-refractivity contribution in [3.63, 3.8) is 0 Å². The first-order valence-corrected chi connectivity index (χ1v) is 8.37. The van der Waals surface area contributed by atoms with E-state index in [1.165, 1.54) is 13.5 Å². The highest BCUT2D eigenvalue weighted by molar-refractivity contribution is 5.98. The van der Waals surface area contributed by atoms with E-state index >= 15 is 0 Å². The molecule has 0 bridgehead atoms. The van der Waals surface area contributed by atoms with Gasteiger partial charge in [0.2, 0.25) is 5.91 Å². The third-order valence-electron chi connectivity index (χ3n) is 4.36. The van der Waals surface area contributed by atoms with Gasteiger partial charge in [-0.1, -0.05) is 6.92 Å².